The average molecular weight is 248 g/mol. The zero-order valence-electron chi connectivity index (χ0n) is 9.43. The topological polar surface area (TPSA) is 125 Å². The van der Waals surface area contributed by atoms with Crippen LogP contribution in [-0.4, -0.2) is 54.5 Å². The molecule has 8 heteroatoms. The van der Waals surface area contributed by atoms with E-state index in [1.54, 1.807) is 0 Å². The quantitative estimate of drug-likeness (QED) is 0.414. The first-order valence-electron chi connectivity index (χ1n) is 4.96. The van der Waals surface area contributed by atoms with Crippen LogP contribution in [-0.2, 0) is 14.3 Å². The highest BCUT2D eigenvalue weighted by molar-refractivity contribution is 5.82. The molecule has 0 spiro atoms. The van der Waals surface area contributed by atoms with E-state index < -0.39 is 24.0 Å². The van der Waals surface area contributed by atoms with Crippen LogP contribution in [0, 0.1) is 0 Å². The fraction of sp³-hybridized carbons (Fsp3) is 0.667. The molecule has 0 aromatic carbocycles. The van der Waals surface area contributed by atoms with Crippen LogP contribution < -0.4 is 10.6 Å². The predicted octanol–water partition coefficient (Wildman–Crippen LogP) is -1.32. The van der Waals surface area contributed by atoms with Crippen LogP contribution in [0.3, 0.4) is 0 Å². The Morgan fingerprint density at radius 3 is 2.47 bits per heavy atom. The number of aliphatic hydroxyl groups excluding tert-OH is 1. The standard InChI is InChI=1S/C9H16N2O6/c1-17-7(13)2-4-10-9(16)11-6(3-5-12)8(14)15/h6,12H,2-5H2,1H3,(H,14,15)(H2,10,11,16). The van der Waals surface area contributed by atoms with Crippen molar-refractivity contribution in [2.45, 2.75) is 18.9 Å². The Balaban J connectivity index is 3.90. The normalized spacial score (nSPS) is 11.4. The number of carboxylic acids is 1. The summed E-state index contributed by atoms with van der Waals surface area (Å²) in [5.41, 5.74) is 0. The van der Waals surface area contributed by atoms with Gasteiger partial charge in [-0.3, -0.25) is 4.79 Å². The second-order valence-electron chi connectivity index (χ2n) is 3.13. The molecule has 4 N–H and O–H groups in total. The van der Waals surface area contributed by atoms with Crippen molar-refractivity contribution in [3.05, 3.63) is 0 Å². The molecule has 0 saturated carbocycles. The first kappa shape index (κ1) is 15.2. The largest absolute Gasteiger partial charge is 0.480 e. The molecule has 0 heterocycles. The number of carbonyl (C=O) groups is 3. The molecule has 0 bridgehead atoms. The maximum absolute atomic E-state index is 11.2. The van der Waals surface area contributed by atoms with Gasteiger partial charge in [0.25, 0.3) is 0 Å². The lowest BCUT2D eigenvalue weighted by Gasteiger charge is -2.13. The van der Waals surface area contributed by atoms with E-state index in [2.05, 4.69) is 15.4 Å². The minimum atomic E-state index is -1.23. The van der Waals surface area contributed by atoms with Gasteiger partial charge in [0.2, 0.25) is 0 Å². The van der Waals surface area contributed by atoms with E-state index in [0.717, 1.165) is 0 Å². The maximum Gasteiger partial charge on any atom is 0.326 e. The lowest BCUT2D eigenvalue weighted by Crippen LogP contribution is -2.46. The number of amides is 2. The molecule has 0 aliphatic rings. The van der Waals surface area contributed by atoms with Gasteiger partial charge in [0.15, 0.2) is 0 Å². The Kier molecular flexibility index (Phi) is 7.44. The van der Waals surface area contributed by atoms with E-state index in [0.29, 0.717) is 0 Å². The number of esters is 1. The van der Waals surface area contributed by atoms with Crippen LogP contribution in [0.4, 0.5) is 4.79 Å². The fourth-order valence-corrected chi connectivity index (χ4v) is 0.976. The van der Waals surface area contributed by atoms with Crippen LogP contribution in [0.2, 0.25) is 0 Å². The van der Waals surface area contributed by atoms with Crippen LogP contribution in [0.1, 0.15) is 12.8 Å². The zero-order chi connectivity index (χ0) is 13.3. The van der Waals surface area contributed by atoms with E-state index in [9.17, 15) is 14.4 Å². The summed E-state index contributed by atoms with van der Waals surface area (Å²) in [5, 5.41) is 21.7. The Morgan fingerprint density at radius 1 is 1.35 bits per heavy atom. The summed E-state index contributed by atoms with van der Waals surface area (Å²) in [6, 6.07) is -1.87. The number of hydrogen-bond acceptors (Lipinski definition) is 5. The molecule has 0 aromatic rings. The first-order valence-corrected chi connectivity index (χ1v) is 4.96. The molecule has 0 radical (unpaired) electrons. The Morgan fingerprint density at radius 2 is 2.00 bits per heavy atom. The van der Waals surface area contributed by atoms with Crippen molar-refractivity contribution in [1.29, 1.82) is 0 Å². The van der Waals surface area contributed by atoms with Gasteiger partial charge in [-0.05, 0) is 0 Å². The maximum atomic E-state index is 11.2. The lowest BCUT2D eigenvalue weighted by molar-refractivity contribution is -0.141. The second kappa shape index (κ2) is 8.34. The number of nitrogens with one attached hydrogen (secondary N) is 2. The minimum absolute atomic E-state index is 0.00164. The Labute approximate surface area is 97.9 Å². The highest BCUT2D eigenvalue weighted by atomic mass is 16.5. The molecule has 0 fully saturated rings. The van der Waals surface area contributed by atoms with Crippen molar-refractivity contribution >= 4 is 18.0 Å². The average Bonchev–Trinajstić information content (AvgIpc) is 2.28. The number of carboxylic acid groups (broad SMARTS) is 1. The van der Waals surface area contributed by atoms with E-state index >= 15 is 0 Å². The molecule has 8 nitrogen and oxygen atoms in total. The van der Waals surface area contributed by atoms with Gasteiger partial charge in [-0.15, -0.1) is 0 Å². The van der Waals surface area contributed by atoms with Gasteiger partial charge >= 0.3 is 18.0 Å². The number of rotatable bonds is 7. The molecule has 0 rings (SSSR count). The van der Waals surface area contributed by atoms with E-state index in [-0.39, 0.29) is 26.0 Å². The molecule has 0 aromatic heterocycles. The highest BCUT2D eigenvalue weighted by Crippen LogP contribution is 1.91. The summed E-state index contributed by atoms with van der Waals surface area (Å²) < 4.78 is 4.35. The molecule has 0 aliphatic heterocycles. The molecule has 1 unspecified atom stereocenters. The van der Waals surface area contributed by atoms with Crippen LogP contribution >= 0.6 is 0 Å². The molecular weight excluding hydrogens is 232 g/mol. The summed E-state index contributed by atoms with van der Waals surface area (Å²) in [5.74, 6) is -1.71. The number of ether oxygens (including phenoxy) is 1. The predicted molar refractivity (Wildman–Crippen MR) is 56.3 cm³/mol. The van der Waals surface area contributed by atoms with Gasteiger partial charge in [-0.2, -0.15) is 0 Å². The fourth-order valence-electron chi connectivity index (χ4n) is 0.976. The monoisotopic (exact) mass is 248 g/mol. The second-order valence-corrected chi connectivity index (χ2v) is 3.13. The number of aliphatic carboxylic acids is 1. The summed E-state index contributed by atoms with van der Waals surface area (Å²) in [7, 11) is 1.23. The van der Waals surface area contributed by atoms with Crippen molar-refractivity contribution in [3.63, 3.8) is 0 Å². The van der Waals surface area contributed by atoms with E-state index in [4.69, 9.17) is 10.2 Å². The number of carbonyl (C=O) groups excluding carboxylic acids is 2. The molecule has 0 saturated heterocycles. The van der Waals surface area contributed by atoms with E-state index in [1.165, 1.54) is 7.11 Å². The van der Waals surface area contributed by atoms with Crippen LogP contribution in [0.5, 0.6) is 0 Å². The molecule has 98 valence electrons. The van der Waals surface area contributed by atoms with Crippen molar-refractivity contribution in [2.24, 2.45) is 0 Å². The SMILES string of the molecule is COC(=O)CCNC(=O)NC(CCO)C(=O)O. The smallest absolute Gasteiger partial charge is 0.326 e. The van der Waals surface area contributed by atoms with Gasteiger partial charge in [0.05, 0.1) is 13.5 Å². The van der Waals surface area contributed by atoms with Crippen molar-refractivity contribution in [2.75, 3.05) is 20.3 Å². The van der Waals surface area contributed by atoms with Gasteiger partial charge in [0, 0.05) is 19.6 Å². The third-order valence-electron chi connectivity index (χ3n) is 1.86. The number of methoxy groups -OCH3 is 1. The highest BCUT2D eigenvalue weighted by Gasteiger charge is 2.18. The third kappa shape index (κ3) is 7.12. The summed E-state index contributed by atoms with van der Waals surface area (Å²) in [6.07, 6.45) is -0.0819. The number of urea groups is 1. The molecule has 1 atom stereocenters. The molecule has 0 aliphatic carbocycles. The third-order valence-corrected chi connectivity index (χ3v) is 1.86. The van der Waals surface area contributed by atoms with Gasteiger partial charge < -0.3 is 25.6 Å². The molecule has 17 heavy (non-hydrogen) atoms. The molecular formula is C9H16N2O6. The van der Waals surface area contributed by atoms with Gasteiger partial charge in [-0.25, -0.2) is 9.59 Å². The Bertz CT molecular complexity index is 281. The van der Waals surface area contributed by atoms with Gasteiger partial charge in [-0.1, -0.05) is 0 Å². The first-order chi connectivity index (χ1) is 8.01. The summed E-state index contributed by atoms with van der Waals surface area (Å²) in [6.45, 7) is -0.302. The summed E-state index contributed by atoms with van der Waals surface area (Å²) in [4.78, 5) is 32.5. The number of hydrogen-bond donors (Lipinski definition) is 4. The number of aliphatic hydroxyl groups is 1. The lowest BCUT2D eigenvalue weighted by atomic mass is 10.2. The van der Waals surface area contributed by atoms with Crippen molar-refractivity contribution in [1.82, 2.24) is 10.6 Å². The van der Waals surface area contributed by atoms with Crippen LogP contribution in [0.25, 0.3) is 0 Å². The zero-order valence-corrected chi connectivity index (χ0v) is 9.43. The van der Waals surface area contributed by atoms with Crippen molar-refractivity contribution < 1.29 is 29.3 Å². The molecule has 2 amide bonds. The minimum Gasteiger partial charge on any atom is -0.480 e. The Hall–Kier alpha value is -1.83. The van der Waals surface area contributed by atoms with Crippen molar-refractivity contribution in [3.8, 4) is 0 Å². The summed E-state index contributed by atoms with van der Waals surface area (Å²) >= 11 is 0. The van der Waals surface area contributed by atoms with E-state index in [1.807, 2.05) is 0 Å². The van der Waals surface area contributed by atoms with Crippen LogP contribution in [0.15, 0.2) is 0 Å². The van der Waals surface area contributed by atoms with Gasteiger partial charge in [0.1, 0.15) is 6.04 Å².